The predicted molar refractivity (Wildman–Crippen MR) is 131 cm³/mol. The molecule has 0 spiro atoms. The average molecular weight is 419 g/mol. The van der Waals surface area contributed by atoms with Crippen LogP contribution in [0.5, 0.6) is 0 Å². The van der Waals surface area contributed by atoms with Gasteiger partial charge in [-0.25, -0.2) is 9.97 Å². The molecular formula is C28H26N4. The van der Waals surface area contributed by atoms with Gasteiger partial charge in [0, 0.05) is 34.6 Å². The van der Waals surface area contributed by atoms with Crippen molar-refractivity contribution >= 4 is 0 Å². The Hall–Kier alpha value is -3.92. The van der Waals surface area contributed by atoms with E-state index in [1.165, 1.54) is 11.1 Å². The second-order valence-corrected chi connectivity index (χ2v) is 7.87. The van der Waals surface area contributed by atoms with Crippen molar-refractivity contribution in [2.45, 2.75) is 26.7 Å². The van der Waals surface area contributed by atoms with Gasteiger partial charge < -0.3 is 9.97 Å². The van der Waals surface area contributed by atoms with Crippen molar-refractivity contribution in [2.75, 3.05) is 0 Å². The van der Waals surface area contributed by atoms with Crippen LogP contribution in [0.1, 0.15) is 25.0 Å². The van der Waals surface area contributed by atoms with Crippen molar-refractivity contribution in [3.8, 4) is 45.3 Å². The Morgan fingerprint density at radius 3 is 1.53 bits per heavy atom. The largest absolute Gasteiger partial charge is 0.344 e. The molecule has 32 heavy (non-hydrogen) atoms. The molecule has 0 aliphatic rings. The molecule has 0 saturated carbocycles. The summed E-state index contributed by atoms with van der Waals surface area (Å²) in [6.45, 7) is 4.34. The van der Waals surface area contributed by atoms with E-state index in [1.807, 2.05) is 12.4 Å². The number of aromatic nitrogens is 4. The summed E-state index contributed by atoms with van der Waals surface area (Å²) < 4.78 is 0. The minimum absolute atomic E-state index is 0.904. The zero-order valence-corrected chi connectivity index (χ0v) is 18.4. The summed E-state index contributed by atoms with van der Waals surface area (Å²) >= 11 is 0. The molecule has 2 aromatic heterocycles. The van der Waals surface area contributed by atoms with Crippen LogP contribution in [-0.4, -0.2) is 19.9 Å². The zero-order chi connectivity index (χ0) is 21.9. The van der Waals surface area contributed by atoms with Crippen LogP contribution in [0.15, 0.2) is 85.2 Å². The maximum Gasteiger partial charge on any atom is 0.138 e. The summed E-state index contributed by atoms with van der Waals surface area (Å²) in [6, 6.07) is 25.2. The fourth-order valence-electron chi connectivity index (χ4n) is 4.17. The summed E-state index contributed by atoms with van der Waals surface area (Å²) in [5.74, 6) is 1.81. The Balaban J connectivity index is 1.47. The molecule has 5 aromatic rings. The number of nitrogens with zero attached hydrogens (tertiary/aromatic N) is 2. The maximum absolute atomic E-state index is 4.89. The highest BCUT2D eigenvalue weighted by Crippen LogP contribution is 2.29. The SMILES string of the molecule is CCc1ccccc1-c1nc(-c2cccc(-c3c[nH]c(-c4ccccc4CC)n3)c2)c[nH]1. The number of hydrogen-bond donors (Lipinski definition) is 2. The third-order valence-electron chi connectivity index (χ3n) is 5.92. The molecule has 5 rings (SSSR count). The maximum atomic E-state index is 4.89. The van der Waals surface area contributed by atoms with Gasteiger partial charge in [-0.3, -0.25) is 0 Å². The van der Waals surface area contributed by atoms with Gasteiger partial charge in [-0.2, -0.15) is 0 Å². The lowest BCUT2D eigenvalue weighted by Gasteiger charge is -2.04. The molecule has 0 bridgehead atoms. The molecule has 0 amide bonds. The van der Waals surface area contributed by atoms with Gasteiger partial charge in [-0.1, -0.05) is 80.6 Å². The second kappa shape index (κ2) is 8.67. The van der Waals surface area contributed by atoms with Crippen LogP contribution in [0.25, 0.3) is 45.3 Å². The first-order valence-electron chi connectivity index (χ1n) is 11.1. The van der Waals surface area contributed by atoms with E-state index in [-0.39, 0.29) is 0 Å². The monoisotopic (exact) mass is 418 g/mol. The third-order valence-corrected chi connectivity index (χ3v) is 5.92. The number of nitrogens with one attached hydrogen (secondary N) is 2. The number of imidazole rings is 2. The van der Waals surface area contributed by atoms with E-state index in [2.05, 4.69) is 96.6 Å². The van der Waals surface area contributed by atoms with Crippen molar-refractivity contribution in [1.82, 2.24) is 19.9 Å². The quantitative estimate of drug-likeness (QED) is 0.314. The fourth-order valence-corrected chi connectivity index (χ4v) is 4.17. The Bertz CT molecular complexity index is 1260. The number of benzene rings is 3. The van der Waals surface area contributed by atoms with Crippen molar-refractivity contribution < 1.29 is 0 Å². The number of H-pyrrole nitrogens is 2. The summed E-state index contributed by atoms with van der Waals surface area (Å²) in [4.78, 5) is 16.5. The molecule has 0 atom stereocenters. The molecular weight excluding hydrogens is 392 g/mol. The van der Waals surface area contributed by atoms with Crippen LogP contribution in [-0.2, 0) is 12.8 Å². The normalized spacial score (nSPS) is 11.1. The summed E-state index contributed by atoms with van der Waals surface area (Å²) in [5, 5.41) is 0. The molecule has 0 aliphatic heterocycles. The van der Waals surface area contributed by atoms with Crippen LogP contribution in [0, 0.1) is 0 Å². The van der Waals surface area contributed by atoms with Gasteiger partial charge in [0.2, 0.25) is 0 Å². The fraction of sp³-hybridized carbons (Fsp3) is 0.143. The van der Waals surface area contributed by atoms with Gasteiger partial charge in [-0.15, -0.1) is 0 Å². The van der Waals surface area contributed by atoms with Crippen molar-refractivity contribution in [3.63, 3.8) is 0 Å². The first-order chi connectivity index (χ1) is 15.8. The molecule has 4 nitrogen and oxygen atoms in total. The molecule has 158 valence electrons. The van der Waals surface area contributed by atoms with Crippen molar-refractivity contribution in [3.05, 3.63) is 96.3 Å². The summed E-state index contributed by atoms with van der Waals surface area (Å²) in [7, 11) is 0. The number of aryl methyl sites for hydroxylation is 2. The smallest absolute Gasteiger partial charge is 0.138 e. The lowest BCUT2D eigenvalue weighted by molar-refractivity contribution is 1.13. The molecule has 0 saturated heterocycles. The van der Waals surface area contributed by atoms with Crippen molar-refractivity contribution in [2.24, 2.45) is 0 Å². The Morgan fingerprint density at radius 1 is 0.594 bits per heavy atom. The van der Waals surface area contributed by atoms with E-state index < -0.39 is 0 Å². The Kier molecular flexibility index (Phi) is 5.42. The van der Waals surface area contributed by atoms with Gasteiger partial charge in [0.05, 0.1) is 11.4 Å². The molecule has 2 heterocycles. The molecule has 0 fully saturated rings. The molecule has 0 unspecified atom stereocenters. The van der Waals surface area contributed by atoms with E-state index in [1.54, 1.807) is 0 Å². The highest BCUT2D eigenvalue weighted by atomic mass is 14.9. The highest BCUT2D eigenvalue weighted by molar-refractivity contribution is 5.73. The molecule has 0 aliphatic carbocycles. The second-order valence-electron chi connectivity index (χ2n) is 7.87. The Labute approximate surface area is 188 Å². The number of hydrogen-bond acceptors (Lipinski definition) is 2. The summed E-state index contributed by atoms with van der Waals surface area (Å²) in [5.41, 5.74) is 8.89. The molecule has 4 heteroatoms. The standard InChI is InChI=1S/C28H26N4/c1-3-19-10-5-7-14-23(19)27-29-17-25(31-27)21-12-9-13-22(16-21)26-18-30-28(32-26)24-15-8-6-11-20(24)4-2/h5-18H,3-4H2,1-2H3,(H,29,31)(H,30,32). The zero-order valence-electron chi connectivity index (χ0n) is 18.4. The van der Waals surface area contributed by atoms with E-state index in [0.717, 1.165) is 58.1 Å². The van der Waals surface area contributed by atoms with E-state index in [4.69, 9.17) is 9.97 Å². The van der Waals surface area contributed by atoms with E-state index >= 15 is 0 Å². The first kappa shape index (κ1) is 20.0. The van der Waals surface area contributed by atoms with Gasteiger partial charge in [0.25, 0.3) is 0 Å². The van der Waals surface area contributed by atoms with Crippen LogP contribution in [0.3, 0.4) is 0 Å². The molecule has 3 aromatic carbocycles. The minimum Gasteiger partial charge on any atom is -0.344 e. The van der Waals surface area contributed by atoms with E-state index in [0.29, 0.717) is 0 Å². The van der Waals surface area contributed by atoms with Crippen LogP contribution in [0.2, 0.25) is 0 Å². The topological polar surface area (TPSA) is 57.4 Å². The average Bonchev–Trinajstić information content (AvgIpc) is 3.54. The third kappa shape index (κ3) is 3.76. The van der Waals surface area contributed by atoms with Gasteiger partial charge in [-0.05, 0) is 30.0 Å². The van der Waals surface area contributed by atoms with Crippen molar-refractivity contribution in [1.29, 1.82) is 0 Å². The van der Waals surface area contributed by atoms with Crippen LogP contribution >= 0.6 is 0 Å². The number of aromatic amines is 2. The van der Waals surface area contributed by atoms with Gasteiger partial charge in [0.15, 0.2) is 0 Å². The molecule has 0 radical (unpaired) electrons. The minimum atomic E-state index is 0.904. The van der Waals surface area contributed by atoms with Gasteiger partial charge >= 0.3 is 0 Å². The number of rotatable bonds is 6. The Morgan fingerprint density at radius 2 is 1.06 bits per heavy atom. The summed E-state index contributed by atoms with van der Waals surface area (Å²) in [6.07, 6.45) is 5.91. The molecule has 2 N–H and O–H groups in total. The lowest BCUT2D eigenvalue weighted by Crippen LogP contribution is -1.89. The van der Waals surface area contributed by atoms with Crippen LogP contribution in [0.4, 0.5) is 0 Å². The van der Waals surface area contributed by atoms with Gasteiger partial charge in [0.1, 0.15) is 11.6 Å². The first-order valence-corrected chi connectivity index (χ1v) is 11.1. The highest BCUT2D eigenvalue weighted by Gasteiger charge is 2.12. The lowest BCUT2D eigenvalue weighted by atomic mass is 10.0. The predicted octanol–water partition coefficient (Wildman–Crippen LogP) is 6.93. The van der Waals surface area contributed by atoms with Crippen LogP contribution < -0.4 is 0 Å². The van der Waals surface area contributed by atoms with E-state index in [9.17, 15) is 0 Å².